The molecule has 3 N–H and O–H groups in total. The molecule has 0 fully saturated rings. The summed E-state index contributed by atoms with van der Waals surface area (Å²) in [5.41, 5.74) is 0. The Morgan fingerprint density at radius 2 is 1.42 bits per heavy atom. The Morgan fingerprint density at radius 3 is 1.83 bits per heavy atom. The number of rotatable bonds is 15. The molecule has 146 valence electrons. The molecule has 0 spiro atoms. The van der Waals surface area contributed by atoms with Gasteiger partial charge in [0.2, 0.25) is 0 Å². The molecule has 0 rings (SSSR count). The number of phosphoric ester groups is 1. The predicted molar refractivity (Wildman–Crippen MR) is 98.5 cm³/mol. The Labute approximate surface area is 148 Å². The van der Waals surface area contributed by atoms with Gasteiger partial charge in [-0.25, -0.2) is 4.57 Å². The van der Waals surface area contributed by atoms with Crippen molar-refractivity contribution < 1.29 is 24.0 Å². The van der Waals surface area contributed by atoms with Gasteiger partial charge in [-0.15, -0.1) is 0 Å². The fourth-order valence-electron chi connectivity index (χ4n) is 3.28. The van der Waals surface area contributed by atoms with Crippen LogP contribution in [-0.2, 0) is 9.09 Å². The van der Waals surface area contributed by atoms with E-state index in [0.717, 1.165) is 57.8 Å². The van der Waals surface area contributed by atoms with Gasteiger partial charge in [-0.2, -0.15) is 0 Å². The number of hydrogen-bond donors (Lipinski definition) is 3. The molecule has 0 aliphatic heterocycles. The predicted octanol–water partition coefficient (Wildman–Crippen LogP) is 5.39. The average Bonchev–Trinajstić information content (AvgIpc) is 2.50. The van der Waals surface area contributed by atoms with Crippen LogP contribution in [0.3, 0.4) is 0 Å². The SMILES string of the molecule is CCCCC(CC)CCC(O)(CC(CC)CCCC)OP(=O)(O)O. The highest BCUT2D eigenvalue weighted by Crippen LogP contribution is 2.45. The van der Waals surface area contributed by atoms with E-state index in [1.54, 1.807) is 0 Å². The van der Waals surface area contributed by atoms with E-state index >= 15 is 0 Å². The molecule has 0 saturated heterocycles. The zero-order valence-electron chi connectivity index (χ0n) is 16.0. The molecular weight excluding hydrogens is 327 g/mol. The summed E-state index contributed by atoms with van der Waals surface area (Å²) in [6, 6.07) is 0. The fraction of sp³-hybridized carbons (Fsp3) is 1.00. The molecule has 0 aromatic carbocycles. The molecule has 0 aromatic rings. The molecule has 0 aromatic heterocycles. The van der Waals surface area contributed by atoms with Gasteiger partial charge >= 0.3 is 7.82 Å². The monoisotopic (exact) mass is 366 g/mol. The van der Waals surface area contributed by atoms with E-state index in [0.29, 0.717) is 12.3 Å². The first kappa shape index (κ1) is 24.1. The minimum absolute atomic E-state index is 0.220. The molecule has 0 heterocycles. The van der Waals surface area contributed by atoms with Crippen molar-refractivity contribution in [3.63, 3.8) is 0 Å². The van der Waals surface area contributed by atoms with Crippen molar-refractivity contribution in [2.24, 2.45) is 11.8 Å². The van der Waals surface area contributed by atoms with Gasteiger partial charge in [-0.3, -0.25) is 4.52 Å². The molecule has 0 bridgehead atoms. The van der Waals surface area contributed by atoms with Crippen molar-refractivity contribution in [2.45, 2.75) is 104 Å². The van der Waals surface area contributed by atoms with E-state index in [2.05, 4.69) is 20.8 Å². The van der Waals surface area contributed by atoms with E-state index in [-0.39, 0.29) is 12.3 Å². The highest BCUT2D eigenvalue weighted by Gasteiger charge is 2.37. The summed E-state index contributed by atoms with van der Waals surface area (Å²) >= 11 is 0. The summed E-state index contributed by atoms with van der Waals surface area (Å²) in [5.74, 6) is -1.04. The first-order valence-electron chi connectivity index (χ1n) is 9.68. The second-order valence-electron chi connectivity index (χ2n) is 7.10. The second-order valence-corrected chi connectivity index (χ2v) is 8.27. The highest BCUT2D eigenvalue weighted by atomic mass is 31.2. The summed E-state index contributed by atoms with van der Waals surface area (Å²) in [7, 11) is -4.72. The van der Waals surface area contributed by atoms with E-state index in [1.165, 1.54) is 0 Å². The van der Waals surface area contributed by atoms with Gasteiger partial charge in [0.05, 0.1) is 0 Å². The third-order valence-corrected chi connectivity index (χ3v) is 5.50. The Bertz CT molecular complexity index is 357. The van der Waals surface area contributed by atoms with Gasteiger partial charge in [0.15, 0.2) is 5.79 Å². The summed E-state index contributed by atoms with van der Waals surface area (Å²) in [6.45, 7) is 8.44. The molecule has 24 heavy (non-hydrogen) atoms. The summed E-state index contributed by atoms with van der Waals surface area (Å²) in [5, 5.41) is 10.8. The fourth-order valence-corrected chi connectivity index (χ4v) is 3.88. The van der Waals surface area contributed by atoms with Gasteiger partial charge in [0.25, 0.3) is 0 Å². The van der Waals surface area contributed by atoms with E-state index in [1.807, 2.05) is 6.92 Å². The minimum Gasteiger partial charge on any atom is -0.365 e. The van der Waals surface area contributed by atoms with Crippen LogP contribution in [0.4, 0.5) is 0 Å². The Balaban J connectivity index is 4.88. The van der Waals surface area contributed by atoms with Gasteiger partial charge in [0.1, 0.15) is 0 Å². The number of hydrogen-bond acceptors (Lipinski definition) is 3. The highest BCUT2D eigenvalue weighted by molar-refractivity contribution is 7.46. The Kier molecular flexibility index (Phi) is 12.5. The smallest absolute Gasteiger partial charge is 0.365 e. The van der Waals surface area contributed by atoms with Crippen molar-refractivity contribution in [3.05, 3.63) is 0 Å². The molecule has 6 heteroatoms. The Hall–Kier alpha value is 0.0700. The van der Waals surface area contributed by atoms with Gasteiger partial charge < -0.3 is 14.9 Å². The third-order valence-electron chi connectivity index (χ3n) is 4.93. The average molecular weight is 366 g/mol. The maximum Gasteiger partial charge on any atom is 0.472 e. The molecule has 0 radical (unpaired) electrons. The molecule has 3 atom stereocenters. The molecule has 0 aliphatic carbocycles. The lowest BCUT2D eigenvalue weighted by Gasteiger charge is -2.33. The van der Waals surface area contributed by atoms with Crippen LogP contribution >= 0.6 is 7.82 Å². The Morgan fingerprint density at radius 1 is 0.917 bits per heavy atom. The van der Waals surface area contributed by atoms with Crippen LogP contribution in [0, 0.1) is 11.8 Å². The van der Waals surface area contributed by atoms with Crippen LogP contribution in [0.2, 0.25) is 0 Å². The van der Waals surface area contributed by atoms with Crippen molar-refractivity contribution in [1.29, 1.82) is 0 Å². The quantitative estimate of drug-likeness (QED) is 0.267. The third kappa shape index (κ3) is 11.6. The molecule has 5 nitrogen and oxygen atoms in total. The van der Waals surface area contributed by atoms with E-state index in [4.69, 9.17) is 4.52 Å². The van der Waals surface area contributed by atoms with Crippen molar-refractivity contribution >= 4 is 7.82 Å². The lowest BCUT2D eigenvalue weighted by Crippen LogP contribution is -2.34. The first-order chi connectivity index (χ1) is 11.2. The van der Waals surface area contributed by atoms with Crippen molar-refractivity contribution in [3.8, 4) is 0 Å². The van der Waals surface area contributed by atoms with E-state index < -0.39 is 13.6 Å². The van der Waals surface area contributed by atoms with Crippen molar-refractivity contribution in [1.82, 2.24) is 0 Å². The van der Waals surface area contributed by atoms with Crippen LogP contribution < -0.4 is 0 Å². The standard InChI is InChI=1S/C18H39O5P/c1-5-9-11-16(7-3)13-14-18(19,23-24(20,21)22)15-17(8-4)12-10-6-2/h16-17,19H,5-15H2,1-4H3,(H2,20,21,22). The van der Waals surface area contributed by atoms with E-state index in [9.17, 15) is 19.5 Å². The largest absolute Gasteiger partial charge is 0.472 e. The van der Waals surface area contributed by atoms with Crippen molar-refractivity contribution in [2.75, 3.05) is 0 Å². The zero-order valence-corrected chi connectivity index (χ0v) is 16.9. The minimum atomic E-state index is -4.72. The number of phosphoric acid groups is 1. The van der Waals surface area contributed by atoms with Crippen LogP contribution in [0.1, 0.15) is 98.3 Å². The molecule has 0 amide bonds. The maximum absolute atomic E-state index is 11.3. The van der Waals surface area contributed by atoms with Crippen LogP contribution in [0.25, 0.3) is 0 Å². The molecule has 0 saturated carbocycles. The second kappa shape index (κ2) is 12.4. The molecule has 0 aliphatic rings. The number of unbranched alkanes of at least 4 members (excludes halogenated alkanes) is 2. The lowest BCUT2D eigenvalue weighted by atomic mass is 9.86. The van der Waals surface area contributed by atoms with Crippen LogP contribution in [0.5, 0.6) is 0 Å². The summed E-state index contributed by atoms with van der Waals surface area (Å²) in [4.78, 5) is 18.4. The van der Waals surface area contributed by atoms with Gasteiger partial charge in [-0.05, 0) is 18.3 Å². The lowest BCUT2D eigenvalue weighted by molar-refractivity contribution is -0.170. The zero-order chi connectivity index (χ0) is 18.6. The topological polar surface area (TPSA) is 87.0 Å². The molecular formula is C18H39O5P. The maximum atomic E-state index is 11.3. The number of aliphatic hydroxyl groups is 1. The van der Waals surface area contributed by atoms with Gasteiger partial charge in [-0.1, -0.05) is 79.1 Å². The normalized spacial score (nSPS) is 17.5. The first-order valence-corrected chi connectivity index (χ1v) is 11.2. The van der Waals surface area contributed by atoms with Crippen LogP contribution in [0.15, 0.2) is 0 Å². The summed E-state index contributed by atoms with van der Waals surface area (Å²) < 4.78 is 16.2. The summed E-state index contributed by atoms with van der Waals surface area (Å²) in [6.07, 6.45) is 9.64. The molecule has 3 unspecified atom stereocenters. The van der Waals surface area contributed by atoms with Crippen LogP contribution in [-0.4, -0.2) is 20.7 Å². The van der Waals surface area contributed by atoms with Gasteiger partial charge in [0, 0.05) is 12.8 Å².